The third kappa shape index (κ3) is 2.04. The Morgan fingerprint density at radius 3 is 3.09 bits per heavy atom. The van der Waals surface area contributed by atoms with Crippen LogP contribution in [0.2, 0.25) is 0 Å². The lowest BCUT2D eigenvalue weighted by Crippen LogP contribution is -2.44. The summed E-state index contributed by atoms with van der Waals surface area (Å²) in [5.74, 6) is 1.04. The van der Waals surface area contributed by atoms with Crippen LogP contribution in [0.5, 0.6) is 0 Å². The van der Waals surface area contributed by atoms with Crippen molar-refractivity contribution in [2.24, 2.45) is 5.92 Å². The summed E-state index contributed by atoms with van der Waals surface area (Å²) in [5, 5.41) is 3.50. The molecule has 2 atom stereocenters. The van der Waals surface area contributed by atoms with E-state index in [1.54, 1.807) is 12.3 Å². The minimum Gasteiger partial charge on any atom is -0.316 e. The van der Waals surface area contributed by atoms with Gasteiger partial charge in [-0.15, -0.1) is 0 Å². The quantitative estimate of drug-likeness (QED) is 0.747. The second-order valence-electron chi connectivity index (χ2n) is 6.69. The van der Waals surface area contributed by atoms with Crippen molar-refractivity contribution in [1.82, 2.24) is 19.3 Å². The van der Waals surface area contributed by atoms with Gasteiger partial charge in [0.05, 0.1) is 0 Å². The highest BCUT2D eigenvalue weighted by Crippen LogP contribution is 2.33. The number of nitrogens with one attached hydrogen (secondary N) is 1. The first-order chi connectivity index (χ1) is 11.3. The van der Waals surface area contributed by atoms with E-state index in [2.05, 4.69) is 16.4 Å². The molecule has 0 aromatic carbocycles. The topological polar surface area (TPSA) is 51.3 Å². The van der Waals surface area contributed by atoms with E-state index >= 15 is 0 Å². The standard InChI is InChI=1S/C18H18N4O/c23-18-7-14(13-1-2-17-20-3-4-21(17)11-13)6-16-15-5-12(8-19-9-15)10-22(16)18/h1-4,6-7,11-12,15,19H,5,8-10H2/t12-,15+/m0/s1. The van der Waals surface area contributed by atoms with Gasteiger partial charge in [0.15, 0.2) is 0 Å². The summed E-state index contributed by atoms with van der Waals surface area (Å²) in [6, 6.07) is 8.01. The van der Waals surface area contributed by atoms with E-state index in [4.69, 9.17) is 0 Å². The third-order valence-electron chi connectivity index (χ3n) is 5.18. The molecule has 5 heteroatoms. The molecule has 3 aromatic heterocycles. The largest absolute Gasteiger partial charge is 0.316 e. The van der Waals surface area contributed by atoms with Gasteiger partial charge in [-0.2, -0.15) is 0 Å². The van der Waals surface area contributed by atoms with Crippen molar-refractivity contribution < 1.29 is 0 Å². The van der Waals surface area contributed by atoms with Gasteiger partial charge < -0.3 is 14.3 Å². The molecule has 1 fully saturated rings. The van der Waals surface area contributed by atoms with Crippen LogP contribution in [0.15, 0.2) is 47.7 Å². The molecule has 1 saturated heterocycles. The third-order valence-corrected chi connectivity index (χ3v) is 5.18. The molecule has 0 unspecified atom stereocenters. The van der Waals surface area contributed by atoms with Crippen LogP contribution in [0.25, 0.3) is 16.8 Å². The van der Waals surface area contributed by atoms with Crippen LogP contribution in [0.4, 0.5) is 0 Å². The zero-order valence-corrected chi connectivity index (χ0v) is 12.8. The molecule has 0 aliphatic carbocycles. The molecular formula is C18H18N4O. The van der Waals surface area contributed by atoms with Crippen molar-refractivity contribution in [3.63, 3.8) is 0 Å². The smallest absolute Gasteiger partial charge is 0.251 e. The average molecular weight is 306 g/mol. The first-order valence-corrected chi connectivity index (χ1v) is 8.16. The van der Waals surface area contributed by atoms with Gasteiger partial charge >= 0.3 is 0 Å². The summed E-state index contributed by atoms with van der Waals surface area (Å²) in [6.07, 6.45) is 6.95. The Kier molecular flexibility index (Phi) is 2.73. The maximum absolute atomic E-state index is 12.6. The second kappa shape index (κ2) is 4.80. The van der Waals surface area contributed by atoms with Crippen LogP contribution >= 0.6 is 0 Å². The molecule has 0 radical (unpaired) electrons. The van der Waals surface area contributed by atoms with E-state index in [0.717, 1.165) is 36.4 Å². The monoisotopic (exact) mass is 306 g/mol. The number of hydrogen-bond donors (Lipinski definition) is 1. The van der Waals surface area contributed by atoms with Crippen LogP contribution < -0.4 is 10.9 Å². The van der Waals surface area contributed by atoms with Gasteiger partial charge in [0, 0.05) is 49.4 Å². The number of aromatic nitrogens is 3. The first-order valence-electron chi connectivity index (χ1n) is 8.16. The van der Waals surface area contributed by atoms with E-state index in [9.17, 15) is 4.79 Å². The van der Waals surface area contributed by atoms with E-state index in [0.29, 0.717) is 11.8 Å². The molecule has 0 amide bonds. The Labute approximate surface area is 133 Å². The van der Waals surface area contributed by atoms with Gasteiger partial charge in [-0.3, -0.25) is 4.79 Å². The predicted octanol–water partition coefficient (Wildman–Crippen LogP) is 1.87. The highest BCUT2D eigenvalue weighted by Gasteiger charge is 2.31. The molecule has 2 bridgehead atoms. The lowest BCUT2D eigenvalue weighted by atomic mass is 9.83. The Balaban J connectivity index is 1.67. The van der Waals surface area contributed by atoms with E-state index in [-0.39, 0.29) is 5.56 Å². The van der Waals surface area contributed by atoms with Crippen molar-refractivity contribution in [3.8, 4) is 11.1 Å². The number of hydrogen-bond acceptors (Lipinski definition) is 3. The molecule has 5 nitrogen and oxygen atoms in total. The average Bonchev–Trinajstić information content (AvgIpc) is 3.03. The van der Waals surface area contributed by atoms with Gasteiger partial charge in [0.25, 0.3) is 5.56 Å². The zero-order valence-electron chi connectivity index (χ0n) is 12.8. The van der Waals surface area contributed by atoms with Crippen molar-refractivity contribution in [2.45, 2.75) is 18.9 Å². The van der Waals surface area contributed by atoms with Gasteiger partial charge in [0.2, 0.25) is 0 Å². The lowest BCUT2D eigenvalue weighted by Gasteiger charge is -2.37. The highest BCUT2D eigenvalue weighted by atomic mass is 16.1. The number of imidazole rings is 1. The molecule has 0 saturated carbocycles. The number of fused-ring (bicyclic) bond motifs is 5. The number of nitrogens with zero attached hydrogens (tertiary/aromatic N) is 3. The maximum atomic E-state index is 12.6. The van der Waals surface area contributed by atoms with Crippen molar-refractivity contribution in [1.29, 1.82) is 0 Å². The summed E-state index contributed by atoms with van der Waals surface area (Å²) >= 11 is 0. The molecular weight excluding hydrogens is 288 g/mol. The van der Waals surface area contributed by atoms with Gasteiger partial charge in [-0.25, -0.2) is 4.98 Å². The Hall–Kier alpha value is -2.40. The van der Waals surface area contributed by atoms with Crippen molar-refractivity contribution in [3.05, 3.63) is 58.9 Å². The summed E-state index contributed by atoms with van der Waals surface area (Å²) < 4.78 is 3.98. The van der Waals surface area contributed by atoms with Crippen LogP contribution in [-0.4, -0.2) is 27.0 Å². The van der Waals surface area contributed by atoms with Crippen LogP contribution in [-0.2, 0) is 6.54 Å². The molecule has 23 heavy (non-hydrogen) atoms. The SMILES string of the molecule is O=c1cc(-c2ccc3nccn3c2)cc2n1C[C@@H]1CNC[C@H]2C1. The van der Waals surface area contributed by atoms with Crippen LogP contribution in [0.1, 0.15) is 18.0 Å². The summed E-state index contributed by atoms with van der Waals surface area (Å²) in [7, 11) is 0. The van der Waals surface area contributed by atoms with Crippen LogP contribution in [0, 0.1) is 5.92 Å². The highest BCUT2D eigenvalue weighted by molar-refractivity contribution is 5.65. The zero-order chi connectivity index (χ0) is 15.4. The molecule has 2 aliphatic rings. The molecule has 1 N–H and O–H groups in total. The van der Waals surface area contributed by atoms with E-state index in [1.807, 2.05) is 33.5 Å². The minimum atomic E-state index is 0.125. The molecule has 2 aliphatic heterocycles. The van der Waals surface area contributed by atoms with Crippen LogP contribution in [0.3, 0.4) is 0 Å². The molecule has 116 valence electrons. The fraction of sp³-hybridized carbons (Fsp3) is 0.333. The van der Waals surface area contributed by atoms with E-state index in [1.165, 1.54) is 12.1 Å². The maximum Gasteiger partial charge on any atom is 0.251 e. The Morgan fingerprint density at radius 2 is 2.13 bits per heavy atom. The van der Waals surface area contributed by atoms with Gasteiger partial charge in [-0.05, 0) is 48.2 Å². The lowest BCUT2D eigenvalue weighted by molar-refractivity contribution is 0.257. The van der Waals surface area contributed by atoms with E-state index < -0.39 is 0 Å². The fourth-order valence-electron chi connectivity index (χ4n) is 4.06. The predicted molar refractivity (Wildman–Crippen MR) is 88.6 cm³/mol. The number of piperidine rings is 1. The normalized spacial score (nSPS) is 23.0. The Morgan fingerprint density at radius 1 is 1.17 bits per heavy atom. The molecule has 3 aromatic rings. The fourth-order valence-corrected chi connectivity index (χ4v) is 4.06. The first kappa shape index (κ1) is 13.1. The van der Waals surface area contributed by atoms with Crippen molar-refractivity contribution in [2.75, 3.05) is 13.1 Å². The Bertz CT molecular complexity index is 955. The van der Waals surface area contributed by atoms with Gasteiger partial charge in [-0.1, -0.05) is 0 Å². The molecule has 0 spiro atoms. The van der Waals surface area contributed by atoms with Gasteiger partial charge in [0.1, 0.15) is 5.65 Å². The minimum absolute atomic E-state index is 0.125. The summed E-state index contributed by atoms with van der Waals surface area (Å²) in [4.78, 5) is 16.9. The number of rotatable bonds is 1. The second-order valence-corrected chi connectivity index (χ2v) is 6.69. The van der Waals surface area contributed by atoms with Crippen molar-refractivity contribution >= 4 is 5.65 Å². The summed E-state index contributed by atoms with van der Waals surface area (Å²) in [5.41, 5.74) is 4.28. The molecule has 5 heterocycles. The molecule has 5 rings (SSSR count). The summed E-state index contributed by atoms with van der Waals surface area (Å²) in [6.45, 7) is 2.85. The number of pyridine rings is 2.